The number of aromatic nitrogens is 1. The van der Waals surface area contributed by atoms with Gasteiger partial charge in [-0.3, -0.25) is 4.98 Å². The minimum atomic E-state index is -0.660. The minimum absolute atomic E-state index is 0.106. The molecule has 3 aromatic carbocycles. The summed E-state index contributed by atoms with van der Waals surface area (Å²) < 4.78 is 43.0. The summed E-state index contributed by atoms with van der Waals surface area (Å²) in [5.74, 6) is -1.75. The molecule has 0 amide bonds. The smallest absolute Gasteiger partial charge is 0.132 e. The number of pyridine rings is 1. The molecule has 2 heterocycles. The number of fused-ring (bicyclic) bond motifs is 1. The maximum absolute atomic E-state index is 14.7. The van der Waals surface area contributed by atoms with Crippen LogP contribution in [0.2, 0.25) is 0 Å². The standard InChI is InChI=1S/C28H25F3N4O/c1-36-34-16-25-22(3-2-4-26(25)31)17-5-6-27-23(13-17)28(35-9-7-21(32)8-10-35)24(15-33-27)18-11-19(29)14-20(30)12-18/h2-6,11-16,21H,7-10,32H2,1H3. The number of piperidine rings is 1. The highest BCUT2D eigenvalue weighted by molar-refractivity contribution is 6.02. The topological polar surface area (TPSA) is 63.7 Å². The molecular formula is C28H25F3N4O. The predicted molar refractivity (Wildman–Crippen MR) is 137 cm³/mol. The highest BCUT2D eigenvalue weighted by Gasteiger charge is 2.23. The van der Waals surface area contributed by atoms with Crippen LogP contribution in [0.5, 0.6) is 0 Å². The van der Waals surface area contributed by atoms with Gasteiger partial charge in [0.05, 0.1) is 17.4 Å². The molecule has 5 rings (SSSR count). The van der Waals surface area contributed by atoms with E-state index in [2.05, 4.69) is 15.0 Å². The van der Waals surface area contributed by atoms with Gasteiger partial charge in [-0.2, -0.15) is 0 Å². The van der Waals surface area contributed by atoms with Crippen LogP contribution >= 0.6 is 0 Å². The van der Waals surface area contributed by atoms with E-state index in [-0.39, 0.29) is 6.04 Å². The Morgan fingerprint density at radius 2 is 1.72 bits per heavy atom. The Balaban J connectivity index is 1.75. The lowest BCUT2D eigenvalue weighted by Gasteiger charge is -2.34. The Bertz CT molecular complexity index is 1430. The van der Waals surface area contributed by atoms with Crippen molar-refractivity contribution in [2.75, 3.05) is 25.1 Å². The zero-order valence-corrected chi connectivity index (χ0v) is 19.7. The second-order valence-electron chi connectivity index (χ2n) is 8.85. The lowest BCUT2D eigenvalue weighted by Crippen LogP contribution is -2.40. The summed E-state index contributed by atoms with van der Waals surface area (Å²) in [5, 5.41) is 4.55. The number of nitrogens with zero attached hydrogens (tertiary/aromatic N) is 3. The highest BCUT2D eigenvalue weighted by Crippen LogP contribution is 2.40. The molecule has 0 unspecified atom stereocenters. The van der Waals surface area contributed by atoms with Gasteiger partial charge >= 0.3 is 0 Å². The molecule has 1 aromatic heterocycles. The van der Waals surface area contributed by atoms with Crippen molar-refractivity contribution in [3.05, 3.63) is 83.8 Å². The molecule has 36 heavy (non-hydrogen) atoms. The zero-order valence-electron chi connectivity index (χ0n) is 19.7. The van der Waals surface area contributed by atoms with Gasteiger partial charge in [0.1, 0.15) is 24.6 Å². The van der Waals surface area contributed by atoms with Gasteiger partial charge < -0.3 is 15.5 Å². The van der Waals surface area contributed by atoms with Crippen LogP contribution < -0.4 is 10.6 Å². The lowest BCUT2D eigenvalue weighted by atomic mass is 9.94. The van der Waals surface area contributed by atoms with Crippen molar-refractivity contribution in [1.82, 2.24) is 4.98 Å². The Morgan fingerprint density at radius 3 is 2.44 bits per heavy atom. The van der Waals surface area contributed by atoms with Crippen LogP contribution in [0.3, 0.4) is 0 Å². The molecule has 0 atom stereocenters. The maximum atomic E-state index is 14.7. The molecule has 184 valence electrons. The fourth-order valence-electron chi connectivity index (χ4n) is 4.76. The second-order valence-corrected chi connectivity index (χ2v) is 8.85. The minimum Gasteiger partial charge on any atom is -0.399 e. The summed E-state index contributed by atoms with van der Waals surface area (Å²) in [4.78, 5) is 11.6. The summed E-state index contributed by atoms with van der Waals surface area (Å²) in [6, 6.07) is 14.0. The zero-order chi connectivity index (χ0) is 25.2. The van der Waals surface area contributed by atoms with Crippen molar-refractivity contribution in [2.24, 2.45) is 10.9 Å². The molecular weight excluding hydrogens is 465 g/mol. The highest BCUT2D eigenvalue weighted by atomic mass is 19.1. The van der Waals surface area contributed by atoms with Crippen molar-refractivity contribution < 1.29 is 18.0 Å². The van der Waals surface area contributed by atoms with Crippen molar-refractivity contribution in [1.29, 1.82) is 0 Å². The predicted octanol–water partition coefficient (Wildman–Crippen LogP) is 5.89. The van der Waals surface area contributed by atoms with E-state index in [9.17, 15) is 13.2 Å². The summed E-state index contributed by atoms with van der Waals surface area (Å²) >= 11 is 0. The Morgan fingerprint density at radius 1 is 0.972 bits per heavy atom. The molecule has 0 bridgehead atoms. The van der Waals surface area contributed by atoms with Gasteiger partial charge in [-0.1, -0.05) is 23.4 Å². The van der Waals surface area contributed by atoms with E-state index < -0.39 is 17.5 Å². The van der Waals surface area contributed by atoms with Crippen LogP contribution in [-0.4, -0.2) is 37.4 Å². The van der Waals surface area contributed by atoms with Crippen LogP contribution in [0.25, 0.3) is 33.2 Å². The fraction of sp³-hybridized carbons (Fsp3) is 0.214. The number of oxime groups is 1. The average Bonchev–Trinajstić information content (AvgIpc) is 2.87. The summed E-state index contributed by atoms with van der Waals surface area (Å²) in [6.45, 7) is 1.39. The Labute approximate surface area is 207 Å². The van der Waals surface area contributed by atoms with E-state index in [1.165, 1.54) is 31.5 Å². The first-order valence-electron chi connectivity index (χ1n) is 11.7. The number of rotatable bonds is 5. The number of hydrogen-bond acceptors (Lipinski definition) is 5. The van der Waals surface area contributed by atoms with E-state index in [0.29, 0.717) is 40.9 Å². The normalized spacial score (nSPS) is 14.6. The first-order valence-corrected chi connectivity index (χ1v) is 11.7. The Kier molecular flexibility index (Phi) is 6.61. The van der Waals surface area contributed by atoms with Crippen molar-refractivity contribution >= 4 is 22.8 Å². The molecule has 1 aliphatic heterocycles. The van der Waals surface area contributed by atoms with E-state index >= 15 is 0 Å². The van der Waals surface area contributed by atoms with Gasteiger partial charge in [0.2, 0.25) is 0 Å². The van der Waals surface area contributed by atoms with Crippen LogP contribution in [0, 0.1) is 17.5 Å². The van der Waals surface area contributed by atoms with Crippen LogP contribution in [-0.2, 0) is 4.84 Å². The number of halogens is 3. The van der Waals surface area contributed by atoms with Gasteiger partial charge in [0.15, 0.2) is 0 Å². The van der Waals surface area contributed by atoms with Gasteiger partial charge in [0, 0.05) is 47.9 Å². The summed E-state index contributed by atoms with van der Waals surface area (Å²) in [6.07, 6.45) is 4.58. The molecule has 0 saturated carbocycles. The molecule has 0 spiro atoms. The quantitative estimate of drug-likeness (QED) is 0.280. The van der Waals surface area contributed by atoms with Crippen LogP contribution in [0.1, 0.15) is 18.4 Å². The van der Waals surface area contributed by atoms with Crippen LogP contribution in [0.15, 0.2) is 65.9 Å². The molecule has 0 radical (unpaired) electrons. The number of nitrogens with two attached hydrogens (primary N) is 1. The monoisotopic (exact) mass is 490 g/mol. The first kappa shape index (κ1) is 23.8. The second kappa shape index (κ2) is 9.99. The largest absolute Gasteiger partial charge is 0.399 e. The van der Waals surface area contributed by atoms with E-state index in [4.69, 9.17) is 10.6 Å². The third-order valence-corrected chi connectivity index (χ3v) is 6.52. The molecule has 8 heteroatoms. The molecule has 0 aliphatic carbocycles. The van der Waals surface area contributed by atoms with Gasteiger partial charge in [-0.05, 0) is 59.9 Å². The third-order valence-electron chi connectivity index (χ3n) is 6.52. The SMILES string of the molecule is CON=Cc1c(F)cccc1-c1ccc2ncc(-c3cc(F)cc(F)c3)c(N3CCC(N)CC3)c2c1. The van der Waals surface area contributed by atoms with Crippen molar-refractivity contribution in [3.8, 4) is 22.3 Å². The number of hydrogen-bond donors (Lipinski definition) is 1. The fourth-order valence-corrected chi connectivity index (χ4v) is 4.76. The first-order chi connectivity index (χ1) is 17.4. The Hall–Kier alpha value is -3.91. The summed E-state index contributed by atoms with van der Waals surface area (Å²) in [5.41, 5.74) is 10.4. The maximum Gasteiger partial charge on any atom is 0.132 e. The van der Waals surface area contributed by atoms with E-state index in [1.807, 2.05) is 18.2 Å². The molecule has 1 fully saturated rings. The molecule has 2 N–H and O–H groups in total. The molecule has 5 nitrogen and oxygen atoms in total. The number of anilines is 1. The molecule has 1 aliphatic rings. The average molecular weight is 491 g/mol. The van der Waals surface area contributed by atoms with E-state index in [1.54, 1.807) is 18.3 Å². The van der Waals surface area contributed by atoms with Gasteiger partial charge in [-0.25, -0.2) is 13.2 Å². The molecule has 1 saturated heterocycles. The van der Waals surface area contributed by atoms with Gasteiger partial charge in [-0.15, -0.1) is 0 Å². The van der Waals surface area contributed by atoms with Gasteiger partial charge in [0.25, 0.3) is 0 Å². The third kappa shape index (κ3) is 4.64. The van der Waals surface area contributed by atoms with Crippen LogP contribution in [0.4, 0.5) is 18.9 Å². The van der Waals surface area contributed by atoms with E-state index in [0.717, 1.165) is 35.5 Å². The summed E-state index contributed by atoms with van der Waals surface area (Å²) in [7, 11) is 1.40. The lowest BCUT2D eigenvalue weighted by molar-refractivity contribution is 0.215. The molecule has 4 aromatic rings. The van der Waals surface area contributed by atoms with Crippen molar-refractivity contribution in [2.45, 2.75) is 18.9 Å². The van der Waals surface area contributed by atoms with Crippen molar-refractivity contribution in [3.63, 3.8) is 0 Å². The number of benzene rings is 3.